The maximum Gasteiger partial charge on any atom is 0.435 e. The van der Waals surface area contributed by atoms with Gasteiger partial charge in [-0.3, -0.25) is 18.9 Å². The molecule has 46 heavy (non-hydrogen) atoms. The van der Waals surface area contributed by atoms with Gasteiger partial charge >= 0.3 is 19.0 Å². The Morgan fingerprint density at radius 1 is 1.00 bits per heavy atom. The quantitative estimate of drug-likeness (QED) is 0.0298. The number of azide groups is 1. The Labute approximate surface area is 272 Å². The minimum absolute atomic E-state index is 0. The van der Waals surface area contributed by atoms with Crippen LogP contribution in [-0.2, 0) is 18.6 Å². The molecule has 0 spiro atoms. The summed E-state index contributed by atoms with van der Waals surface area (Å²) < 4.78 is 29.3. The Balaban J connectivity index is 0.0000106. The van der Waals surface area contributed by atoms with Crippen LogP contribution < -0.4 is 17.4 Å². The molecule has 1 unspecified atom stereocenters. The van der Waals surface area contributed by atoms with Crippen LogP contribution >= 0.6 is 7.60 Å². The first-order valence-corrected chi connectivity index (χ1v) is 18.4. The summed E-state index contributed by atoms with van der Waals surface area (Å²) in [4.78, 5) is 51.1. The third kappa shape index (κ3) is 15.9. The number of aromatic amines is 1. The average molecular weight is 673 g/mol. The van der Waals surface area contributed by atoms with Gasteiger partial charge in [0.25, 0.3) is 5.56 Å². The van der Waals surface area contributed by atoms with Gasteiger partial charge in [0, 0.05) is 23.1 Å². The van der Waals surface area contributed by atoms with Crippen LogP contribution in [0.5, 0.6) is 0 Å². The first-order chi connectivity index (χ1) is 21.7. The van der Waals surface area contributed by atoms with Gasteiger partial charge in [-0.2, -0.15) is 0 Å². The number of ether oxygens (including phenoxy) is 2. The Morgan fingerprint density at radius 3 is 2.00 bits per heavy atom. The van der Waals surface area contributed by atoms with Gasteiger partial charge in [-0.1, -0.05) is 121 Å². The van der Waals surface area contributed by atoms with E-state index in [2.05, 4.69) is 21.9 Å². The molecule has 1 saturated heterocycles. The van der Waals surface area contributed by atoms with Crippen molar-refractivity contribution < 1.29 is 28.3 Å². The van der Waals surface area contributed by atoms with Crippen LogP contribution in [0.15, 0.2) is 20.9 Å². The molecular weight excluding hydrogens is 615 g/mol. The first kappa shape index (κ1) is 41.6. The number of carbonyl (C=O) groups excluding carboxylic acids is 1. The molecule has 1 aromatic heterocycles. The first-order valence-electron chi connectivity index (χ1n) is 16.9. The SMILES string of the molecule is CCCCCCCCCCCCCCCCCCCCOC(=O)P(=O)(O)OC[C@H]1O[C@@H](n2cc(C)c(=O)[nH]c2=O)C[C@@H]1N=[N+]=[N-].N. The van der Waals surface area contributed by atoms with E-state index in [-0.39, 0.29) is 24.7 Å². The highest BCUT2D eigenvalue weighted by Crippen LogP contribution is 2.45. The summed E-state index contributed by atoms with van der Waals surface area (Å²) >= 11 is 0. The number of unbranched alkanes of at least 4 members (excludes halogenated alkanes) is 17. The van der Waals surface area contributed by atoms with E-state index in [1.54, 1.807) is 0 Å². The van der Waals surface area contributed by atoms with Crippen LogP contribution in [0.2, 0.25) is 0 Å². The summed E-state index contributed by atoms with van der Waals surface area (Å²) in [7, 11) is -4.78. The van der Waals surface area contributed by atoms with Crippen molar-refractivity contribution in [3.63, 3.8) is 0 Å². The molecule has 1 aromatic rings. The fraction of sp³-hybridized carbons (Fsp3) is 0.839. The number of carbonyl (C=O) groups is 1. The molecule has 1 aliphatic heterocycles. The molecule has 264 valence electrons. The van der Waals surface area contributed by atoms with Crippen molar-refractivity contribution in [1.29, 1.82) is 0 Å². The number of nitrogens with one attached hydrogen (secondary N) is 1. The zero-order valence-corrected chi connectivity index (χ0v) is 28.8. The number of hydrogen-bond acceptors (Lipinski definition) is 9. The lowest BCUT2D eigenvalue weighted by atomic mass is 10.0. The molecule has 0 aromatic carbocycles. The Morgan fingerprint density at radius 2 is 1.50 bits per heavy atom. The lowest BCUT2D eigenvalue weighted by Gasteiger charge is -2.18. The maximum atomic E-state index is 12.5. The summed E-state index contributed by atoms with van der Waals surface area (Å²) in [5.41, 5.74) is 6.58. The molecular formula is C31H57N6O8P. The molecule has 0 saturated carbocycles. The predicted octanol–water partition coefficient (Wildman–Crippen LogP) is 8.35. The zero-order chi connectivity index (χ0) is 32.9. The van der Waals surface area contributed by atoms with Crippen molar-refractivity contribution in [2.45, 2.75) is 154 Å². The maximum absolute atomic E-state index is 12.5. The highest BCUT2D eigenvalue weighted by molar-refractivity contribution is 7.70. The van der Waals surface area contributed by atoms with Gasteiger partial charge in [0.2, 0.25) is 0 Å². The normalized spacial score (nSPS) is 18.8. The minimum atomic E-state index is -4.78. The highest BCUT2D eigenvalue weighted by Gasteiger charge is 2.40. The van der Waals surface area contributed by atoms with Crippen LogP contribution in [0.4, 0.5) is 4.79 Å². The third-order valence-corrected chi connectivity index (χ3v) is 9.32. The second-order valence-electron chi connectivity index (χ2n) is 12.1. The second kappa shape index (κ2) is 23.8. The summed E-state index contributed by atoms with van der Waals surface area (Å²) in [6.07, 6.45) is 21.7. The van der Waals surface area contributed by atoms with Gasteiger partial charge in [0.05, 0.1) is 25.4 Å². The fourth-order valence-electron chi connectivity index (χ4n) is 5.50. The molecule has 2 heterocycles. The number of aryl methyl sites for hydroxylation is 1. The predicted molar refractivity (Wildman–Crippen MR) is 178 cm³/mol. The van der Waals surface area contributed by atoms with Crippen molar-refractivity contribution in [2.75, 3.05) is 13.2 Å². The van der Waals surface area contributed by atoms with E-state index in [4.69, 9.17) is 19.5 Å². The highest BCUT2D eigenvalue weighted by atomic mass is 31.2. The molecule has 14 nitrogen and oxygen atoms in total. The number of rotatable bonds is 25. The smallest absolute Gasteiger partial charge is 0.435 e. The summed E-state index contributed by atoms with van der Waals surface area (Å²) in [5.74, 6) is 0. The number of hydrogen-bond donors (Lipinski definition) is 3. The average Bonchev–Trinajstić information content (AvgIpc) is 3.41. The molecule has 1 aliphatic rings. The van der Waals surface area contributed by atoms with Crippen molar-refractivity contribution in [3.8, 4) is 0 Å². The summed E-state index contributed by atoms with van der Waals surface area (Å²) in [6, 6.07) is -0.838. The van der Waals surface area contributed by atoms with Crippen LogP contribution in [0.1, 0.15) is 141 Å². The molecule has 1 fully saturated rings. The van der Waals surface area contributed by atoms with Crippen LogP contribution in [-0.4, -0.2) is 45.5 Å². The Bertz CT molecular complexity index is 1220. The largest absolute Gasteiger partial charge is 0.457 e. The van der Waals surface area contributed by atoms with E-state index < -0.39 is 49.5 Å². The van der Waals surface area contributed by atoms with Crippen molar-refractivity contribution in [1.82, 2.24) is 15.7 Å². The van der Waals surface area contributed by atoms with Crippen LogP contribution in [0.3, 0.4) is 0 Å². The molecule has 5 N–H and O–H groups in total. The topological polar surface area (TPSA) is 221 Å². The lowest BCUT2D eigenvalue weighted by Crippen LogP contribution is -2.33. The van der Waals surface area contributed by atoms with E-state index >= 15 is 0 Å². The summed E-state index contributed by atoms with van der Waals surface area (Å²) in [5, 5.41) is 3.63. The third-order valence-electron chi connectivity index (χ3n) is 8.23. The Hall–Kier alpha value is -2.47. The summed E-state index contributed by atoms with van der Waals surface area (Å²) in [6.45, 7) is 3.25. The molecule has 15 heteroatoms. The van der Waals surface area contributed by atoms with Gasteiger partial charge in [-0.05, 0) is 18.9 Å². The number of H-pyrrole nitrogens is 1. The lowest BCUT2D eigenvalue weighted by molar-refractivity contribution is -0.0239. The van der Waals surface area contributed by atoms with Gasteiger partial charge in [-0.15, -0.1) is 0 Å². The van der Waals surface area contributed by atoms with Crippen molar-refractivity contribution >= 4 is 13.3 Å². The van der Waals surface area contributed by atoms with Gasteiger partial charge in [0.1, 0.15) is 6.23 Å². The minimum Gasteiger partial charge on any atom is -0.457 e. The molecule has 4 atom stereocenters. The monoisotopic (exact) mass is 672 g/mol. The standard InChI is InChI=1S/C31H54N5O8P.H3N/c1-3-4-5-6-7-8-9-10-11-12-13-14-15-16-17-18-19-20-21-42-31(39)45(40,41)43-24-27-26(34-35-32)22-28(44-27)36-23-25(2)29(37)33-30(36)38;/h23,26-28H,3-22,24H2,1-2H3,(H,40,41)(H,33,37,38);1H3/t26-,27+,28+;/m0./s1. The van der Waals surface area contributed by atoms with Crippen molar-refractivity contribution in [3.05, 3.63) is 43.0 Å². The molecule has 2 rings (SSSR count). The van der Waals surface area contributed by atoms with Crippen molar-refractivity contribution in [2.24, 2.45) is 5.11 Å². The fourth-order valence-corrected chi connectivity index (χ4v) is 6.20. The van der Waals surface area contributed by atoms with Gasteiger partial charge in [0.15, 0.2) is 0 Å². The van der Waals surface area contributed by atoms with E-state index in [1.165, 1.54) is 103 Å². The van der Waals surface area contributed by atoms with Gasteiger partial charge < -0.3 is 20.5 Å². The molecule has 0 radical (unpaired) electrons. The van der Waals surface area contributed by atoms with E-state index in [0.717, 1.165) is 23.8 Å². The van der Waals surface area contributed by atoms with E-state index in [9.17, 15) is 23.8 Å². The van der Waals surface area contributed by atoms with Crippen LogP contribution in [0.25, 0.3) is 10.4 Å². The molecule has 0 bridgehead atoms. The number of nitrogens with zero attached hydrogens (tertiary/aromatic N) is 4. The second-order valence-corrected chi connectivity index (χ2v) is 13.7. The molecule has 0 amide bonds. The molecule has 0 aliphatic carbocycles. The van der Waals surface area contributed by atoms with Crippen LogP contribution in [0, 0.1) is 6.92 Å². The number of aromatic nitrogens is 2. The van der Waals surface area contributed by atoms with Gasteiger partial charge in [-0.25, -0.2) is 14.2 Å². The van der Waals surface area contributed by atoms with E-state index in [0.29, 0.717) is 6.42 Å². The van der Waals surface area contributed by atoms with E-state index in [1.807, 2.05) is 0 Å². The Kier molecular flexibility index (Phi) is 21.5. The zero-order valence-electron chi connectivity index (χ0n) is 27.9.